The average Bonchev–Trinajstić information content (AvgIpc) is 2.62. The molecule has 2 amide bonds. The molecule has 2 aliphatic rings. The monoisotopic (exact) mass is 418 g/mol. The van der Waals surface area contributed by atoms with E-state index in [1.165, 1.54) is 0 Å². The van der Waals surface area contributed by atoms with Crippen LogP contribution in [0, 0.1) is 0 Å². The number of anilines is 1. The summed E-state index contributed by atoms with van der Waals surface area (Å²) in [6, 6.07) is 10.8. The number of nitrogens with zero attached hydrogens (tertiary/aromatic N) is 1. The van der Waals surface area contributed by atoms with Crippen LogP contribution in [0.1, 0.15) is 24.9 Å². The molecule has 7 heteroatoms. The minimum atomic E-state index is -0.824. The molecule has 6 nitrogen and oxygen atoms in total. The van der Waals surface area contributed by atoms with E-state index in [0.29, 0.717) is 17.9 Å². The summed E-state index contributed by atoms with van der Waals surface area (Å²) in [7, 11) is 3.22. The van der Waals surface area contributed by atoms with E-state index in [4.69, 9.17) is 14.2 Å². The van der Waals surface area contributed by atoms with Crippen molar-refractivity contribution in [3.8, 4) is 17.2 Å². The molecule has 1 saturated heterocycles. The number of carbonyl (C=O) groups is 1. The van der Waals surface area contributed by atoms with Crippen LogP contribution < -0.4 is 24.4 Å². The van der Waals surface area contributed by atoms with E-state index in [1.54, 1.807) is 19.1 Å². The Morgan fingerprint density at radius 2 is 1.96 bits per heavy atom. The van der Waals surface area contributed by atoms with Crippen LogP contribution >= 0.6 is 15.9 Å². The Bertz CT molecular complexity index is 871. The Hall–Kier alpha value is -2.41. The van der Waals surface area contributed by atoms with E-state index < -0.39 is 5.72 Å². The van der Waals surface area contributed by atoms with Crippen molar-refractivity contribution in [3.63, 3.8) is 0 Å². The van der Waals surface area contributed by atoms with Crippen molar-refractivity contribution in [1.82, 2.24) is 5.32 Å². The molecule has 2 aromatic rings. The first kappa shape index (κ1) is 17.0. The summed E-state index contributed by atoms with van der Waals surface area (Å²) in [6.07, 6.45) is 0.622. The van der Waals surface area contributed by atoms with Crippen LogP contribution in [0.2, 0.25) is 0 Å². The van der Waals surface area contributed by atoms with Crippen molar-refractivity contribution in [2.75, 3.05) is 19.1 Å². The highest BCUT2D eigenvalue weighted by atomic mass is 79.9. The van der Waals surface area contributed by atoms with Crippen LogP contribution in [0.3, 0.4) is 0 Å². The van der Waals surface area contributed by atoms with Crippen molar-refractivity contribution >= 4 is 27.6 Å². The maximum Gasteiger partial charge on any atom is 0.325 e. The SMILES string of the molecule is COc1ccc(N2C(=O)N[C@H]3C[C@@]2(C)Oc2c(OC)cc(Br)cc23)cc1. The Labute approximate surface area is 160 Å². The van der Waals surface area contributed by atoms with Gasteiger partial charge in [0.25, 0.3) is 0 Å². The Balaban J connectivity index is 1.79. The molecule has 26 heavy (non-hydrogen) atoms. The number of benzene rings is 2. The molecule has 2 aliphatic heterocycles. The fourth-order valence-electron chi connectivity index (χ4n) is 3.67. The van der Waals surface area contributed by atoms with E-state index in [1.807, 2.05) is 43.3 Å². The lowest BCUT2D eigenvalue weighted by atomic mass is 9.90. The fourth-order valence-corrected chi connectivity index (χ4v) is 4.13. The van der Waals surface area contributed by atoms with Gasteiger partial charge in [0.15, 0.2) is 17.2 Å². The predicted molar refractivity (Wildman–Crippen MR) is 101 cm³/mol. The first-order valence-corrected chi connectivity index (χ1v) is 9.06. The molecule has 0 saturated carbocycles. The first-order chi connectivity index (χ1) is 12.4. The fraction of sp³-hybridized carbons (Fsp3) is 0.316. The molecule has 0 aromatic heterocycles. The molecule has 0 aliphatic carbocycles. The summed E-state index contributed by atoms with van der Waals surface area (Å²) in [5, 5.41) is 3.08. The van der Waals surface area contributed by atoms with E-state index in [2.05, 4.69) is 21.2 Å². The largest absolute Gasteiger partial charge is 0.497 e. The molecular weight excluding hydrogens is 400 g/mol. The third-order valence-electron chi connectivity index (χ3n) is 4.85. The zero-order chi connectivity index (χ0) is 18.5. The van der Waals surface area contributed by atoms with Gasteiger partial charge in [-0.2, -0.15) is 0 Å². The smallest absolute Gasteiger partial charge is 0.325 e. The molecule has 1 fully saturated rings. The standard InChI is InChI=1S/C19H19BrN2O4/c1-19-10-15(14-8-11(20)9-16(25-3)17(14)26-19)21-18(23)22(19)12-4-6-13(24-2)7-5-12/h4-9,15H,10H2,1-3H3,(H,21,23)/t15-,19+/m0/s1. The number of carbonyl (C=O) groups excluding carboxylic acids is 1. The summed E-state index contributed by atoms with van der Waals surface area (Å²) in [6.45, 7) is 1.92. The number of fused-ring (bicyclic) bond motifs is 4. The van der Waals surface area contributed by atoms with Crippen molar-refractivity contribution in [2.45, 2.75) is 25.1 Å². The molecule has 2 bridgehead atoms. The number of hydrogen-bond donors (Lipinski definition) is 1. The maximum atomic E-state index is 12.9. The Morgan fingerprint density at radius 1 is 1.23 bits per heavy atom. The summed E-state index contributed by atoms with van der Waals surface area (Å²) in [5.74, 6) is 2.03. The second kappa shape index (κ2) is 6.09. The summed E-state index contributed by atoms with van der Waals surface area (Å²) in [5.41, 5.74) is 0.829. The number of amides is 2. The zero-order valence-corrected chi connectivity index (χ0v) is 16.3. The van der Waals surface area contributed by atoms with Gasteiger partial charge < -0.3 is 19.5 Å². The second-order valence-corrected chi connectivity index (χ2v) is 7.46. The number of ether oxygens (including phenoxy) is 3. The van der Waals surface area contributed by atoms with E-state index in [-0.39, 0.29) is 12.1 Å². The normalized spacial score (nSPS) is 23.6. The van der Waals surface area contributed by atoms with Gasteiger partial charge in [0.05, 0.1) is 20.3 Å². The zero-order valence-electron chi connectivity index (χ0n) is 14.7. The highest BCUT2D eigenvalue weighted by Crippen LogP contribution is 2.50. The third kappa shape index (κ3) is 2.58. The number of methoxy groups -OCH3 is 2. The van der Waals surface area contributed by atoms with Crippen LogP contribution in [0.5, 0.6) is 17.2 Å². The van der Waals surface area contributed by atoms with Gasteiger partial charge in [-0.25, -0.2) is 4.79 Å². The third-order valence-corrected chi connectivity index (χ3v) is 5.31. The van der Waals surface area contributed by atoms with E-state index in [9.17, 15) is 4.79 Å². The Morgan fingerprint density at radius 3 is 2.62 bits per heavy atom. The Kier molecular flexibility index (Phi) is 3.99. The molecule has 0 unspecified atom stereocenters. The number of rotatable bonds is 3. The summed E-state index contributed by atoms with van der Waals surface area (Å²) >= 11 is 3.49. The van der Waals surface area contributed by atoms with Gasteiger partial charge in [-0.3, -0.25) is 4.90 Å². The second-order valence-electron chi connectivity index (χ2n) is 6.54. The van der Waals surface area contributed by atoms with Crippen LogP contribution in [-0.2, 0) is 0 Å². The van der Waals surface area contributed by atoms with Crippen LogP contribution in [-0.4, -0.2) is 26.0 Å². The van der Waals surface area contributed by atoms with Crippen LogP contribution in [0.4, 0.5) is 10.5 Å². The number of urea groups is 1. The average molecular weight is 419 g/mol. The van der Waals surface area contributed by atoms with E-state index >= 15 is 0 Å². The van der Waals surface area contributed by atoms with Crippen molar-refractivity contribution in [1.29, 1.82) is 0 Å². The van der Waals surface area contributed by atoms with Crippen molar-refractivity contribution in [3.05, 3.63) is 46.4 Å². The number of halogens is 1. The highest BCUT2D eigenvalue weighted by molar-refractivity contribution is 9.10. The van der Waals surface area contributed by atoms with E-state index in [0.717, 1.165) is 21.5 Å². The molecule has 136 valence electrons. The lowest BCUT2D eigenvalue weighted by Crippen LogP contribution is -2.65. The van der Waals surface area contributed by atoms with Gasteiger partial charge in [0.2, 0.25) is 0 Å². The highest BCUT2D eigenvalue weighted by Gasteiger charge is 2.50. The summed E-state index contributed by atoms with van der Waals surface area (Å²) in [4.78, 5) is 14.5. The van der Waals surface area contributed by atoms with Gasteiger partial charge in [-0.05, 0) is 43.3 Å². The lowest BCUT2D eigenvalue weighted by Gasteiger charge is -2.50. The molecule has 4 rings (SSSR count). The topological polar surface area (TPSA) is 60.0 Å². The van der Waals surface area contributed by atoms with Gasteiger partial charge in [-0.1, -0.05) is 15.9 Å². The molecule has 2 atom stereocenters. The minimum Gasteiger partial charge on any atom is -0.497 e. The first-order valence-electron chi connectivity index (χ1n) is 8.26. The van der Waals surface area contributed by atoms with Crippen molar-refractivity contribution < 1.29 is 19.0 Å². The predicted octanol–water partition coefficient (Wildman–Crippen LogP) is 4.24. The van der Waals surface area contributed by atoms with Gasteiger partial charge in [0, 0.05) is 22.1 Å². The summed E-state index contributed by atoms with van der Waals surface area (Å²) < 4.78 is 17.9. The molecule has 0 spiro atoms. The van der Waals surface area contributed by atoms with Gasteiger partial charge >= 0.3 is 6.03 Å². The number of hydrogen-bond acceptors (Lipinski definition) is 4. The lowest BCUT2D eigenvalue weighted by molar-refractivity contribution is 0.0349. The van der Waals surface area contributed by atoms with Gasteiger partial charge in [-0.15, -0.1) is 0 Å². The minimum absolute atomic E-state index is 0.142. The van der Waals surface area contributed by atoms with Crippen LogP contribution in [0.15, 0.2) is 40.9 Å². The molecule has 2 aromatic carbocycles. The molecule has 1 N–H and O–H groups in total. The van der Waals surface area contributed by atoms with Crippen LogP contribution in [0.25, 0.3) is 0 Å². The molecule has 0 radical (unpaired) electrons. The quantitative estimate of drug-likeness (QED) is 0.809. The van der Waals surface area contributed by atoms with Gasteiger partial charge in [0.1, 0.15) is 5.75 Å². The van der Waals surface area contributed by atoms with Crippen molar-refractivity contribution in [2.24, 2.45) is 0 Å². The molecular formula is C19H19BrN2O4. The maximum absolute atomic E-state index is 12.9. The number of nitrogens with one attached hydrogen (secondary N) is 1. The molecule has 2 heterocycles.